The van der Waals surface area contributed by atoms with E-state index < -0.39 is 5.95 Å². The number of carbonyl (C=O) groups is 1. The number of fused-ring (bicyclic) bond motifs is 2. The van der Waals surface area contributed by atoms with Crippen molar-refractivity contribution in [3.05, 3.63) is 57.4 Å². The summed E-state index contributed by atoms with van der Waals surface area (Å²) < 4.78 is 24.1. The lowest BCUT2D eigenvalue weighted by atomic mass is 9.98. The highest BCUT2D eigenvalue weighted by molar-refractivity contribution is 7.97. The molecule has 0 bridgehead atoms. The van der Waals surface area contributed by atoms with E-state index in [9.17, 15) is 14.0 Å². The van der Waals surface area contributed by atoms with Crippen molar-refractivity contribution in [3.63, 3.8) is 0 Å². The molecule has 0 saturated heterocycles. The van der Waals surface area contributed by atoms with Gasteiger partial charge in [-0.3, -0.25) is 14.3 Å². The molecule has 1 fully saturated rings. The maximum Gasteiger partial charge on any atom is 0.266 e. The molecule has 1 aliphatic heterocycles. The number of nitrogens with zero attached hydrogens (tertiary/aromatic N) is 2. The second-order valence-electron chi connectivity index (χ2n) is 7.28. The van der Waals surface area contributed by atoms with Crippen LogP contribution in [0, 0.1) is 12.9 Å². The van der Waals surface area contributed by atoms with Crippen LogP contribution in [0.5, 0.6) is 5.75 Å². The van der Waals surface area contributed by atoms with Gasteiger partial charge in [0.1, 0.15) is 5.56 Å². The summed E-state index contributed by atoms with van der Waals surface area (Å²) >= 11 is 1.29. The minimum absolute atomic E-state index is 0.220. The number of aryl methyl sites for hydroxylation is 1. The number of halogens is 1. The van der Waals surface area contributed by atoms with E-state index in [0.29, 0.717) is 28.1 Å². The average molecular weight is 411 g/mol. The summed E-state index contributed by atoms with van der Waals surface area (Å²) in [7, 11) is 1.56. The number of ether oxygens (including phenoxy) is 1. The third-order valence-corrected chi connectivity index (χ3v) is 6.23. The van der Waals surface area contributed by atoms with Crippen molar-refractivity contribution >= 4 is 28.8 Å². The molecular weight excluding hydrogens is 393 g/mol. The molecule has 148 valence electrons. The number of pyridine rings is 2. The van der Waals surface area contributed by atoms with Crippen LogP contribution in [0.25, 0.3) is 22.0 Å². The van der Waals surface area contributed by atoms with Crippen LogP contribution in [0.2, 0.25) is 0 Å². The van der Waals surface area contributed by atoms with Crippen molar-refractivity contribution in [3.8, 4) is 16.9 Å². The molecule has 1 N–H and O–H groups in total. The highest BCUT2D eigenvalue weighted by Gasteiger charge is 2.34. The molecule has 8 heteroatoms. The maximum atomic E-state index is 13.5. The van der Waals surface area contributed by atoms with Crippen LogP contribution in [-0.2, 0) is 5.75 Å². The predicted molar refractivity (Wildman–Crippen MR) is 110 cm³/mol. The van der Waals surface area contributed by atoms with Gasteiger partial charge in [-0.25, -0.2) is 4.98 Å². The van der Waals surface area contributed by atoms with Crippen LogP contribution in [-0.4, -0.2) is 22.6 Å². The molecule has 3 heterocycles. The molecule has 1 aromatic carbocycles. The van der Waals surface area contributed by atoms with Gasteiger partial charge in [-0.2, -0.15) is 4.39 Å². The standard InChI is InChI=1S/C21H18FN3O3S/c1-10-12(7-8-16(22)23-10)13-5-6-14-18(20(13)28-2)25(11-3-4-11)15-9-29-24-21(27)17(15)19(14)26/h5-8,11H,3-4,9H2,1-2H3,(H,24,27). The van der Waals surface area contributed by atoms with Crippen molar-refractivity contribution in [2.75, 3.05) is 7.11 Å². The molecule has 1 saturated carbocycles. The molecule has 3 aromatic rings. The highest BCUT2D eigenvalue weighted by atomic mass is 32.2. The number of aromatic nitrogens is 2. The summed E-state index contributed by atoms with van der Waals surface area (Å²) in [6, 6.07) is 6.72. The first kappa shape index (κ1) is 18.2. The predicted octanol–water partition coefficient (Wildman–Crippen LogP) is 3.75. The van der Waals surface area contributed by atoms with E-state index in [0.717, 1.165) is 29.7 Å². The zero-order valence-corrected chi connectivity index (χ0v) is 16.7. The Balaban J connectivity index is 1.91. The first-order valence-corrected chi connectivity index (χ1v) is 10.3. The largest absolute Gasteiger partial charge is 0.494 e. The van der Waals surface area contributed by atoms with Gasteiger partial charge >= 0.3 is 0 Å². The summed E-state index contributed by atoms with van der Waals surface area (Å²) in [5.74, 6) is 0.173. The zero-order valence-electron chi connectivity index (χ0n) is 15.9. The normalized spacial score (nSPS) is 15.9. The summed E-state index contributed by atoms with van der Waals surface area (Å²) in [6.07, 6.45) is 1.97. The zero-order chi connectivity index (χ0) is 20.3. The molecule has 0 radical (unpaired) electrons. The van der Waals surface area contributed by atoms with Crippen LogP contribution in [0.4, 0.5) is 4.39 Å². The van der Waals surface area contributed by atoms with Gasteiger partial charge in [0.2, 0.25) is 11.4 Å². The molecule has 0 spiro atoms. The number of amides is 1. The monoisotopic (exact) mass is 411 g/mol. The fourth-order valence-corrected chi connectivity index (χ4v) is 4.81. The molecule has 29 heavy (non-hydrogen) atoms. The molecule has 6 nitrogen and oxygen atoms in total. The van der Waals surface area contributed by atoms with E-state index in [2.05, 4.69) is 14.3 Å². The summed E-state index contributed by atoms with van der Waals surface area (Å²) in [4.78, 5) is 29.6. The number of benzene rings is 1. The Bertz CT molecular complexity index is 1250. The van der Waals surface area contributed by atoms with Crippen molar-refractivity contribution in [1.82, 2.24) is 14.3 Å². The fourth-order valence-electron chi connectivity index (χ4n) is 4.08. The lowest BCUT2D eigenvalue weighted by Gasteiger charge is -2.25. The van der Waals surface area contributed by atoms with Gasteiger partial charge in [0.15, 0.2) is 5.75 Å². The van der Waals surface area contributed by atoms with E-state index in [1.165, 1.54) is 18.0 Å². The number of nitrogens with one attached hydrogen (secondary N) is 1. The van der Waals surface area contributed by atoms with Crippen molar-refractivity contribution in [1.29, 1.82) is 0 Å². The molecule has 2 aromatic heterocycles. The molecule has 2 aliphatic rings. The van der Waals surface area contributed by atoms with Gasteiger partial charge in [0, 0.05) is 28.6 Å². The first-order chi connectivity index (χ1) is 14.0. The first-order valence-electron chi connectivity index (χ1n) is 9.35. The average Bonchev–Trinajstić information content (AvgIpc) is 3.52. The number of methoxy groups -OCH3 is 1. The van der Waals surface area contributed by atoms with Crippen LogP contribution in [0.3, 0.4) is 0 Å². The molecule has 1 amide bonds. The van der Waals surface area contributed by atoms with Crippen molar-refractivity contribution in [2.24, 2.45) is 0 Å². The minimum atomic E-state index is -0.544. The smallest absolute Gasteiger partial charge is 0.266 e. The van der Waals surface area contributed by atoms with Crippen molar-refractivity contribution < 1.29 is 13.9 Å². The quantitative estimate of drug-likeness (QED) is 0.525. The Morgan fingerprint density at radius 1 is 1.21 bits per heavy atom. The Hall–Kier alpha value is -2.87. The number of carbonyl (C=O) groups excluding carboxylic acids is 1. The van der Waals surface area contributed by atoms with Gasteiger partial charge < -0.3 is 9.30 Å². The minimum Gasteiger partial charge on any atom is -0.494 e. The van der Waals surface area contributed by atoms with Crippen LogP contribution < -0.4 is 14.9 Å². The van der Waals surface area contributed by atoms with Gasteiger partial charge in [-0.05, 0) is 56.0 Å². The Morgan fingerprint density at radius 3 is 2.66 bits per heavy atom. The van der Waals surface area contributed by atoms with Gasteiger partial charge in [0.25, 0.3) is 5.91 Å². The van der Waals surface area contributed by atoms with Gasteiger partial charge in [0.05, 0.1) is 23.8 Å². The van der Waals surface area contributed by atoms with Crippen LogP contribution in [0.15, 0.2) is 29.1 Å². The Morgan fingerprint density at radius 2 is 1.97 bits per heavy atom. The summed E-state index contributed by atoms with van der Waals surface area (Å²) in [5, 5.41) is 0.450. The molecule has 0 atom stereocenters. The highest BCUT2D eigenvalue weighted by Crippen LogP contribution is 2.45. The summed E-state index contributed by atoms with van der Waals surface area (Å²) in [5.41, 5.74) is 3.38. The van der Waals surface area contributed by atoms with Crippen LogP contribution in [0.1, 0.15) is 40.6 Å². The molecule has 5 rings (SSSR count). The van der Waals surface area contributed by atoms with E-state index in [4.69, 9.17) is 4.74 Å². The SMILES string of the molecule is COc1c(-c2ccc(F)nc2C)ccc2c(=O)c3c(n(C4CC4)c12)CSNC3=O. The van der Waals surface area contributed by atoms with Gasteiger partial charge in [-0.15, -0.1) is 0 Å². The van der Waals surface area contributed by atoms with Crippen molar-refractivity contribution in [2.45, 2.75) is 31.6 Å². The summed E-state index contributed by atoms with van der Waals surface area (Å²) in [6.45, 7) is 1.74. The number of hydrogen-bond donors (Lipinski definition) is 1. The molecule has 0 unspecified atom stereocenters. The second-order valence-corrected chi connectivity index (χ2v) is 8.06. The van der Waals surface area contributed by atoms with E-state index in [1.807, 2.05) is 0 Å². The molecular formula is C21H18FN3O3S. The van der Waals surface area contributed by atoms with E-state index >= 15 is 0 Å². The topological polar surface area (TPSA) is 73.2 Å². The maximum absolute atomic E-state index is 13.5. The van der Waals surface area contributed by atoms with Gasteiger partial charge in [-0.1, -0.05) is 0 Å². The third-order valence-electron chi connectivity index (χ3n) is 5.48. The van der Waals surface area contributed by atoms with Crippen LogP contribution >= 0.6 is 11.9 Å². The fraction of sp³-hybridized carbons (Fsp3) is 0.286. The lowest BCUT2D eigenvalue weighted by molar-refractivity contribution is 0.0980. The molecule has 1 aliphatic carbocycles. The number of hydrogen-bond acceptors (Lipinski definition) is 5. The third kappa shape index (κ3) is 2.73. The number of rotatable bonds is 3. The lowest BCUT2D eigenvalue weighted by Crippen LogP contribution is -2.33. The second kappa shape index (κ2) is 6.59. The Labute approximate surface area is 170 Å². The van der Waals surface area contributed by atoms with E-state index in [-0.39, 0.29) is 22.9 Å². The Kier molecular flexibility index (Phi) is 4.13. The van der Waals surface area contributed by atoms with E-state index in [1.54, 1.807) is 32.2 Å².